The van der Waals surface area contributed by atoms with Gasteiger partial charge in [-0.2, -0.15) is 5.26 Å². The molecule has 4 heteroatoms. The molecular formula is C17H15FN2S. The zero-order valence-corrected chi connectivity index (χ0v) is 12.6. The van der Waals surface area contributed by atoms with E-state index in [1.165, 1.54) is 23.4 Å². The van der Waals surface area contributed by atoms with E-state index in [2.05, 4.69) is 18.0 Å². The van der Waals surface area contributed by atoms with Crippen LogP contribution in [0.3, 0.4) is 0 Å². The molecule has 0 unspecified atom stereocenters. The highest BCUT2D eigenvalue weighted by molar-refractivity contribution is 7.13. The van der Waals surface area contributed by atoms with Gasteiger partial charge in [0.1, 0.15) is 16.9 Å². The number of fused-ring (bicyclic) bond motifs is 1. The summed E-state index contributed by atoms with van der Waals surface area (Å²) in [6.45, 7) is 2.25. The second-order valence-electron chi connectivity index (χ2n) is 5.46. The Bertz CT molecular complexity index is 722. The molecule has 0 N–H and O–H groups in total. The minimum absolute atomic E-state index is 0.274. The Hall–Kier alpha value is -1.99. The molecule has 3 rings (SSSR count). The van der Waals surface area contributed by atoms with Gasteiger partial charge in [0, 0.05) is 4.88 Å². The van der Waals surface area contributed by atoms with Gasteiger partial charge in [-0.25, -0.2) is 9.37 Å². The first-order valence-electron chi connectivity index (χ1n) is 7.02. The second-order valence-corrected chi connectivity index (χ2v) is 6.54. The van der Waals surface area contributed by atoms with Crippen molar-refractivity contribution in [2.45, 2.75) is 26.2 Å². The molecule has 0 aliphatic heterocycles. The second kappa shape index (κ2) is 5.79. The fourth-order valence-electron chi connectivity index (χ4n) is 2.52. The van der Waals surface area contributed by atoms with Crippen LogP contribution in [0.15, 0.2) is 24.3 Å². The third-order valence-electron chi connectivity index (χ3n) is 3.72. The van der Waals surface area contributed by atoms with Crippen molar-refractivity contribution in [1.29, 1.82) is 5.26 Å². The van der Waals surface area contributed by atoms with Crippen molar-refractivity contribution in [2.75, 3.05) is 0 Å². The van der Waals surface area contributed by atoms with Crippen LogP contribution < -0.4 is 0 Å². The third-order valence-corrected chi connectivity index (χ3v) is 4.87. The number of aromatic nitrogens is 1. The lowest BCUT2D eigenvalue weighted by atomic mass is 9.93. The number of nitrogens with zero attached hydrogens (tertiary/aromatic N) is 2. The van der Waals surface area contributed by atoms with Gasteiger partial charge >= 0.3 is 0 Å². The van der Waals surface area contributed by atoms with Crippen LogP contribution >= 0.6 is 11.3 Å². The molecule has 0 amide bonds. The summed E-state index contributed by atoms with van der Waals surface area (Å²) in [5.74, 6) is 0.418. The summed E-state index contributed by atoms with van der Waals surface area (Å²) in [6, 6.07) is 8.35. The van der Waals surface area contributed by atoms with Gasteiger partial charge in [-0.3, -0.25) is 0 Å². The van der Waals surface area contributed by atoms with Crippen molar-refractivity contribution in [3.8, 4) is 6.07 Å². The van der Waals surface area contributed by atoms with Crippen LogP contribution in [0, 0.1) is 23.1 Å². The highest BCUT2D eigenvalue weighted by Gasteiger charge is 2.20. The minimum Gasteiger partial charge on any atom is -0.240 e. The molecule has 106 valence electrons. The van der Waals surface area contributed by atoms with Gasteiger partial charge < -0.3 is 0 Å². The zero-order chi connectivity index (χ0) is 14.8. The summed E-state index contributed by atoms with van der Waals surface area (Å²) in [7, 11) is 0. The summed E-state index contributed by atoms with van der Waals surface area (Å²) >= 11 is 1.62. The summed E-state index contributed by atoms with van der Waals surface area (Å²) in [5, 5.41) is 10.2. The topological polar surface area (TPSA) is 36.7 Å². The summed E-state index contributed by atoms with van der Waals surface area (Å²) in [6.07, 6.45) is 5.00. The highest BCUT2D eigenvalue weighted by atomic mass is 32.1. The maximum atomic E-state index is 12.9. The van der Waals surface area contributed by atoms with Gasteiger partial charge in [-0.05, 0) is 49.0 Å². The summed E-state index contributed by atoms with van der Waals surface area (Å²) < 4.78 is 12.9. The van der Waals surface area contributed by atoms with Crippen LogP contribution in [0.2, 0.25) is 0 Å². The molecule has 1 heterocycles. The molecule has 1 aromatic carbocycles. The SMILES string of the molecule is C[C@H]1CCc2nc(/C(C#N)=C/c3ccc(F)cc3)sc2C1. The van der Waals surface area contributed by atoms with Gasteiger partial charge in [0.15, 0.2) is 0 Å². The molecule has 1 aromatic heterocycles. The summed E-state index contributed by atoms with van der Waals surface area (Å²) in [4.78, 5) is 5.93. The first kappa shape index (κ1) is 14.0. The monoisotopic (exact) mass is 298 g/mol. The molecule has 21 heavy (non-hydrogen) atoms. The van der Waals surface area contributed by atoms with Crippen LogP contribution in [0.25, 0.3) is 11.6 Å². The van der Waals surface area contributed by atoms with E-state index in [4.69, 9.17) is 0 Å². The molecule has 2 aromatic rings. The minimum atomic E-state index is -0.274. The molecule has 0 bridgehead atoms. The van der Waals surface area contributed by atoms with Crippen molar-refractivity contribution in [3.63, 3.8) is 0 Å². The molecule has 0 spiro atoms. The standard InChI is InChI=1S/C17H15FN2S/c1-11-2-7-15-16(8-11)21-17(20-15)13(10-19)9-12-3-5-14(18)6-4-12/h3-6,9,11H,2,7-8H2,1H3/b13-9+/t11-/m0/s1. The van der Waals surface area contributed by atoms with E-state index in [0.29, 0.717) is 11.5 Å². The van der Waals surface area contributed by atoms with E-state index in [-0.39, 0.29) is 5.82 Å². The molecule has 0 radical (unpaired) electrons. The molecule has 1 aliphatic rings. The number of aryl methyl sites for hydroxylation is 1. The molecule has 0 fully saturated rings. The van der Waals surface area contributed by atoms with Crippen LogP contribution in [-0.2, 0) is 12.8 Å². The van der Waals surface area contributed by atoms with Gasteiger partial charge in [0.2, 0.25) is 0 Å². The average molecular weight is 298 g/mol. The largest absolute Gasteiger partial charge is 0.240 e. The molecule has 0 saturated carbocycles. The van der Waals surface area contributed by atoms with Crippen molar-refractivity contribution in [1.82, 2.24) is 4.98 Å². The van der Waals surface area contributed by atoms with Gasteiger partial charge in [-0.15, -0.1) is 11.3 Å². The molecule has 0 saturated heterocycles. The van der Waals surface area contributed by atoms with E-state index in [1.54, 1.807) is 29.5 Å². The predicted octanol–water partition coefficient (Wildman–Crippen LogP) is 4.47. The fraction of sp³-hybridized carbons (Fsp3) is 0.294. The van der Waals surface area contributed by atoms with Crippen LogP contribution in [-0.4, -0.2) is 4.98 Å². The first-order valence-corrected chi connectivity index (χ1v) is 7.83. The Morgan fingerprint density at radius 2 is 2.19 bits per heavy atom. The summed E-state index contributed by atoms with van der Waals surface area (Å²) in [5.41, 5.74) is 2.51. The Balaban J connectivity index is 1.94. The number of halogens is 1. The van der Waals surface area contributed by atoms with Crippen molar-refractivity contribution < 1.29 is 4.39 Å². The molecule has 1 atom stereocenters. The number of hydrogen-bond donors (Lipinski definition) is 0. The van der Waals surface area contributed by atoms with E-state index < -0.39 is 0 Å². The van der Waals surface area contributed by atoms with E-state index >= 15 is 0 Å². The maximum absolute atomic E-state index is 12.9. The van der Waals surface area contributed by atoms with E-state index in [9.17, 15) is 9.65 Å². The normalized spacial score (nSPS) is 18.1. The van der Waals surface area contributed by atoms with Crippen molar-refractivity contribution in [2.24, 2.45) is 5.92 Å². The Kier molecular flexibility index (Phi) is 3.85. The van der Waals surface area contributed by atoms with Crippen molar-refractivity contribution in [3.05, 3.63) is 51.2 Å². The average Bonchev–Trinajstić information content (AvgIpc) is 2.89. The Labute approximate surface area is 127 Å². The lowest BCUT2D eigenvalue weighted by Gasteiger charge is -2.15. The van der Waals surface area contributed by atoms with Crippen LogP contribution in [0.5, 0.6) is 0 Å². The maximum Gasteiger partial charge on any atom is 0.134 e. The fourth-order valence-corrected chi connectivity index (χ4v) is 3.76. The Morgan fingerprint density at radius 1 is 1.43 bits per heavy atom. The molecular weight excluding hydrogens is 283 g/mol. The number of nitriles is 1. The number of benzene rings is 1. The first-order chi connectivity index (χ1) is 10.2. The van der Waals surface area contributed by atoms with Crippen molar-refractivity contribution >= 4 is 23.0 Å². The smallest absolute Gasteiger partial charge is 0.134 e. The lowest BCUT2D eigenvalue weighted by Crippen LogP contribution is -2.09. The number of rotatable bonds is 2. The van der Waals surface area contributed by atoms with Gasteiger partial charge in [0.25, 0.3) is 0 Å². The van der Waals surface area contributed by atoms with Gasteiger partial charge in [-0.1, -0.05) is 19.1 Å². The van der Waals surface area contributed by atoms with Crippen LogP contribution in [0.4, 0.5) is 4.39 Å². The van der Waals surface area contributed by atoms with E-state index in [1.807, 2.05) is 0 Å². The molecule has 1 aliphatic carbocycles. The predicted molar refractivity (Wildman–Crippen MR) is 83.2 cm³/mol. The number of thiazole rings is 1. The number of hydrogen-bond acceptors (Lipinski definition) is 3. The van der Waals surface area contributed by atoms with Crippen LogP contribution in [0.1, 0.15) is 34.5 Å². The van der Waals surface area contributed by atoms with Gasteiger partial charge in [0.05, 0.1) is 11.3 Å². The zero-order valence-electron chi connectivity index (χ0n) is 11.8. The lowest BCUT2D eigenvalue weighted by molar-refractivity contribution is 0.502. The number of allylic oxidation sites excluding steroid dienone is 1. The quantitative estimate of drug-likeness (QED) is 0.767. The Morgan fingerprint density at radius 3 is 2.90 bits per heavy atom. The van der Waals surface area contributed by atoms with E-state index in [0.717, 1.165) is 29.1 Å². The molecule has 2 nitrogen and oxygen atoms in total. The highest BCUT2D eigenvalue weighted by Crippen LogP contribution is 2.33. The third kappa shape index (κ3) is 3.03.